The Bertz CT molecular complexity index is 1480. The molecule has 314 valence electrons. The molecular formula is C38H62N8O10. The largest absolute Gasteiger partial charge is 0.445 e. The molecule has 0 heterocycles. The van der Waals surface area contributed by atoms with Gasteiger partial charge in [-0.3, -0.25) is 33.7 Å². The van der Waals surface area contributed by atoms with E-state index >= 15 is 0 Å². The fourth-order valence-corrected chi connectivity index (χ4v) is 5.44. The minimum absolute atomic E-state index is 0.0299. The molecule has 0 spiro atoms. The topological polar surface area (TPSA) is 256 Å². The van der Waals surface area contributed by atoms with Crippen molar-refractivity contribution in [3.05, 3.63) is 29.8 Å². The highest BCUT2D eigenvalue weighted by Gasteiger charge is 2.34. The van der Waals surface area contributed by atoms with Gasteiger partial charge in [0.05, 0.1) is 13.2 Å². The number of nitrogens with one attached hydrogen (secondary N) is 6. The Labute approximate surface area is 329 Å². The number of rotatable bonds is 24. The Kier molecular flexibility index (Phi) is 21.8. The molecule has 0 aliphatic rings. The van der Waals surface area contributed by atoms with E-state index in [2.05, 4.69) is 31.9 Å². The number of urea groups is 1. The van der Waals surface area contributed by atoms with Crippen LogP contribution in [0.25, 0.3) is 0 Å². The summed E-state index contributed by atoms with van der Waals surface area (Å²) in [6.07, 6.45) is -0.129. The van der Waals surface area contributed by atoms with E-state index in [0.717, 1.165) is 0 Å². The van der Waals surface area contributed by atoms with Crippen LogP contribution >= 0.6 is 0 Å². The van der Waals surface area contributed by atoms with Gasteiger partial charge < -0.3 is 47.1 Å². The number of carbonyl (C=O) groups is 8. The van der Waals surface area contributed by atoms with E-state index in [0.29, 0.717) is 17.7 Å². The lowest BCUT2D eigenvalue weighted by atomic mass is 9.99. The Morgan fingerprint density at radius 3 is 1.88 bits per heavy atom. The van der Waals surface area contributed by atoms with E-state index < -0.39 is 59.9 Å². The van der Waals surface area contributed by atoms with Crippen LogP contribution in [0.4, 0.5) is 15.3 Å². The van der Waals surface area contributed by atoms with Crippen molar-refractivity contribution in [3.8, 4) is 0 Å². The molecule has 0 aliphatic carbocycles. The van der Waals surface area contributed by atoms with E-state index in [1.807, 2.05) is 0 Å². The monoisotopic (exact) mass is 790 g/mol. The van der Waals surface area contributed by atoms with Gasteiger partial charge in [0.25, 0.3) is 0 Å². The number of hydrogen-bond acceptors (Lipinski definition) is 10. The third-order valence-electron chi connectivity index (χ3n) is 8.62. The second kappa shape index (κ2) is 25.0. The van der Waals surface area contributed by atoms with Gasteiger partial charge in [-0.1, -0.05) is 53.7 Å². The van der Waals surface area contributed by atoms with Crippen molar-refractivity contribution < 1.29 is 47.8 Å². The molecule has 0 radical (unpaired) electrons. The molecule has 1 aromatic rings. The molecule has 0 saturated heterocycles. The number of benzene rings is 1. The molecule has 18 nitrogen and oxygen atoms in total. The van der Waals surface area contributed by atoms with Gasteiger partial charge in [0.2, 0.25) is 29.5 Å². The van der Waals surface area contributed by atoms with E-state index in [9.17, 15) is 38.4 Å². The van der Waals surface area contributed by atoms with Crippen LogP contribution in [-0.4, -0.2) is 110 Å². The number of nitrogens with two attached hydrogens (primary N) is 1. The standard InChI is InChI=1S/C38H62N8O10/c1-22(2)30(34(50)40-8)45-36(52)32(24(5)6)46(9)38(54)56-21-26-12-14-27(15-13-26)42-33(49)28(11-10-18-41-37(39)53)43-35(51)31(23(3)4)44-29(48)17-20-55-19-16-25(7)47/h12-15,22-24,28,30-32H,10-11,16-21H2,1-9H3,(H,40,50)(H,42,49)(H,43,51)(H,44,48)(H,45,52)(H3,39,41,53)/t28-,30?,31-,32+/m0/s1. The summed E-state index contributed by atoms with van der Waals surface area (Å²) in [6.45, 7) is 12.4. The van der Waals surface area contributed by atoms with E-state index in [4.69, 9.17) is 15.2 Å². The number of hydrogen-bond donors (Lipinski definition) is 7. The zero-order valence-corrected chi connectivity index (χ0v) is 34.1. The van der Waals surface area contributed by atoms with Crippen LogP contribution in [0, 0.1) is 17.8 Å². The Morgan fingerprint density at radius 2 is 1.34 bits per heavy atom. The van der Waals surface area contributed by atoms with Crippen LogP contribution in [0.5, 0.6) is 0 Å². The van der Waals surface area contributed by atoms with E-state index in [1.54, 1.807) is 65.8 Å². The zero-order chi connectivity index (χ0) is 42.5. The third kappa shape index (κ3) is 17.9. The number of likely N-dealkylation sites (N-methyl/N-ethyl adjacent to an activating group) is 2. The van der Waals surface area contributed by atoms with Gasteiger partial charge in [-0.2, -0.15) is 0 Å². The molecule has 56 heavy (non-hydrogen) atoms. The molecule has 1 rings (SSSR count). The number of nitrogens with zero attached hydrogens (tertiary/aromatic N) is 1. The first-order chi connectivity index (χ1) is 26.3. The maximum absolute atomic E-state index is 13.5. The lowest BCUT2D eigenvalue weighted by Gasteiger charge is -2.31. The second-order valence-electron chi connectivity index (χ2n) is 14.5. The Hall–Kier alpha value is -5.26. The third-order valence-corrected chi connectivity index (χ3v) is 8.62. The van der Waals surface area contributed by atoms with Crippen molar-refractivity contribution >= 4 is 53.1 Å². The van der Waals surface area contributed by atoms with Crippen molar-refractivity contribution in [1.29, 1.82) is 0 Å². The summed E-state index contributed by atoms with van der Waals surface area (Å²) >= 11 is 0. The molecule has 8 N–H and O–H groups in total. The van der Waals surface area contributed by atoms with Crippen molar-refractivity contribution in [2.45, 2.75) is 105 Å². The molecule has 4 atom stereocenters. The average Bonchev–Trinajstić information content (AvgIpc) is 3.12. The highest BCUT2D eigenvalue weighted by atomic mass is 16.6. The molecule has 8 amide bonds. The molecule has 0 fully saturated rings. The van der Waals surface area contributed by atoms with Crippen LogP contribution in [0.1, 0.15) is 79.7 Å². The summed E-state index contributed by atoms with van der Waals surface area (Å²) in [5.74, 6) is -3.27. The molecule has 0 saturated carbocycles. The summed E-state index contributed by atoms with van der Waals surface area (Å²) < 4.78 is 10.8. The number of ether oxygens (including phenoxy) is 2. The number of anilines is 1. The Morgan fingerprint density at radius 1 is 0.750 bits per heavy atom. The summed E-state index contributed by atoms with van der Waals surface area (Å²) in [6, 6.07) is 1.98. The lowest BCUT2D eigenvalue weighted by molar-refractivity contribution is -0.133. The van der Waals surface area contributed by atoms with Crippen LogP contribution in [0.2, 0.25) is 0 Å². The molecule has 0 aliphatic heterocycles. The van der Waals surface area contributed by atoms with Crippen molar-refractivity contribution in [1.82, 2.24) is 31.5 Å². The van der Waals surface area contributed by atoms with Gasteiger partial charge in [0, 0.05) is 39.2 Å². The fourth-order valence-electron chi connectivity index (χ4n) is 5.44. The van der Waals surface area contributed by atoms with Gasteiger partial charge in [-0.25, -0.2) is 9.59 Å². The highest BCUT2D eigenvalue weighted by Crippen LogP contribution is 2.16. The number of carbonyl (C=O) groups excluding carboxylic acids is 8. The lowest BCUT2D eigenvalue weighted by Crippen LogP contribution is -2.56. The first-order valence-electron chi connectivity index (χ1n) is 18.8. The van der Waals surface area contributed by atoms with Crippen molar-refractivity contribution in [3.63, 3.8) is 0 Å². The predicted octanol–water partition coefficient (Wildman–Crippen LogP) is 1.56. The van der Waals surface area contributed by atoms with Gasteiger partial charge >= 0.3 is 12.1 Å². The van der Waals surface area contributed by atoms with Gasteiger partial charge in [-0.05, 0) is 55.2 Å². The van der Waals surface area contributed by atoms with Crippen LogP contribution in [0.3, 0.4) is 0 Å². The molecule has 1 aromatic carbocycles. The maximum Gasteiger partial charge on any atom is 0.410 e. The quantitative estimate of drug-likeness (QED) is 0.0744. The van der Waals surface area contributed by atoms with Gasteiger partial charge in [0.1, 0.15) is 36.6 Å². The van der Waals surface area contributed by atoms with E-state index in [-0.39, 0.29) is 75.1 Å². The summed E-state index contributed by atoms with van der Waals surface area (Å²) in [5.41, 5.74) is 6.11. The molecule has 18 heteroatoms. The van der Waals surface area contributed by atoms with Gasteiger partial charge in [-0.15, -0.1) is 0 Å². The number of primary amides is 1. The van der Waals surface area contributed by atoms with Crippen molar-refractivity contribution in [2.24, 2.45) is 23.5 Å². The summed E-state index contributed by atoms with van der Waals surface area (Å²) in [7, 11) is 2.93. The molecule has 0 bridgehead atoms. The normalized spacial score (nSPS) is 13.1. The minimum atomic E-state index is -1.06. The average molecular weight is 791 g/mol. The first-order valence-corrected chi connectivity index (χ1v) is 18.8. The maximum atomic E-state index is 13.5. The Balaban J connectivity index is 2.95. The SMILES string of the molecule is CNC(=O)C(NC(=O)[C@@H](C(C)C)N(C)C(=O)OCc1ccc(NC(=O)[C@H](CCCNC(N)=O)NC(=O)[C@@H](NC(=O)CCOCCC(C)=O)C(C)C)cc1)C(C)C. The first kappa shape index (κ1) is 48.8. The summed E-state index contributed by atoms with van der Waals surface area (Å²) in [4.78, 5) is 101. The van der Waals surface area contributed by atoms with Crippen LogP contribution < -0.4 is 37.6 Å². The molecule has 0 aromatic heterocycles. The minimum Gasteiger partial charge on any atom is -0.445 e. The van der Waals surface area contributed by atoms with Crippen molar-refractivity contribution in [2.75, 3.05) is 39.2 Å². The second-order valence-corrected chi connectivity index (χ2v) is 14.5. The fraction of sp³-hybridized carbons (Fsp3) is 0.632. The van der Waals surface area contributed by atoms with Crippen LogP contribution in [-0.2, 0) is 44.8 Å². The molecular weight excluding hydrogens is 728 g/mol. The van der Waals surface area contributed by atoms with E-state index in [1.165, 1.54) is 25.9 Å². The number of amides is 8. The zero-order valence-electron chi connectivity index (χ0n) is 34.1. The highest BCUT2D eigenvalue weighted by molar-refractivity contribution is 5.98. The van der Waals surface area contributed by atoms with Gasteiger partial charge in [0.15, 0.2) is 0 Å². The molecule has 1 unspecified atom stereocenters. The number of Topliss-reactive ketones (excluding diaryl/α,β-unsaturated/α-hetero) is 1. The number of ketones is 1. The summed E-state index contributed by atoms with van der Waals surface area (Å²) in [5, 5.41) is 15.9. The predicted molar refractivity (Wildman–Crippen MR) is 209 cm³/mol. The smallest absolute Gasteiger partial charge is 0.410 e. The van der Waals surface area contributed by atoms with Crippen LogP contribution in [0.15, 0.2) is 24.3 Å².